The van der Waals surface area contributed by atoms with Gasteiger partial charge in [-0.3, -0.25) is 0 Å². The van der Waals surface area contributed by atoms with Gasteiger partial charge in [0.15, 0.2) is 0 Å². The molecule has 1 amide bonds. The van der Waals surface area contributed by atoms with Crippen LogP contribution >= 0.6 is 0 Å². The van der Waals surface area contributed by atoms with Gasteiger partial charge in [0, 0.05) is 18.5 Å². The number of allylic oxidation sites excluding steroid dienone is 2. The molecule has 1 aromatic carbocycles. The Kier molecular flexibility index (Phi) is 8.59. The molecule has 0 saturated heterocycles. The molecule has 1 aromatic rings. The lowest BCUT2D eigenvalue weighted by Crippen LogP contribution is -2.41. The van der Waals surface area contributed by atoms with E-state index in [2.05, 4.69) is 11.9 Å². The van der Waals surface area contributed by atoms with E-state index in [1.54, 1.807) is 26.8 Å². The van der Waals surface area contributed by atoms with E-state index in [0.717, 1.165) is 24.3 Å². The molecule has 0 aromatic heterocycles. The number of nitriles is 1. The molecule has 1 aliphatic rings. The summed E-state index contributed by atoms with van der Waals surface area (Å²) in [5.41, 5.74) is -7.46. The molecular formula is C23H24F4N2O6S. The van der Waals surface area contributed by atoms with Gasteiger partial charge >= 0.3 is 11.6 Å². The summed E-state index contributed by atoms with van der Waals surface area (Å²) in [7, 11) is -5.93. The quantitative estimate of drug-likeness (QED) is 0.551. The van der Waals surface area contributed by atoms with Gasteiger partial charge in [-0.1, -0.05) is 6.58 Å². The number of hydrogen-bond acceptors (Lipinski definition) is 7. The molecule has 13 heteroatoms. The van der Waals surface area contributed by atoms with Crippen LogP contribution in [-0.4, -0.2) is 42.9 Å². The number of alkyl carbamates (subject to hydrolysis) is 1. The highest BCUT2D eigenvalue weighted by molar-refractivity contribution is 7.96. The second-order valence-corrected chi connectivity index (χ2v) is 10.7. The van der Waals surface area contributed by atoms with Crippen molar-refractivity contribution in [1.29, 1.82) is 5.26 Å². The number of rotatable bonds is 4. The Morgan fingerprint density at radius 1 is 1.22 bits per heavy atom. The Morgan fingerprint density at radius 3 is 2.42 bits per heavy atom. The van der Waals surface area contributed by atoms with Crippen LogP contribution in [0.2, 0.25) is 0 Å². The number of benzene rings is 1. The van der Waals surface area contributed by atoms with Crippen molar-refractivity contribution in [2.75, 3.05) is 0 Å². The van der Waals surface area contributed by atoms with Crippen molar-refractivity contribution in [3.63, 3.8) is 0 Å². The number of nitrogens with one attached hydrogen (secondary N) is 1. The van der Waals surface area contributed by atoms with Gasteiger partial charge in [0.1, 0.15) is 22.9 Å². The minimum absolute atomic E-state index is 0.114. The molecule has 0 bridgehead atoms. The summed E-state index contributed by atoms with van der Waals surface area (Å²) in [4.78, 5) is 11.0. The van der Waals surface area contributed by atoms with Crippen LogP contribution in [-0.2, 0) is 14.6 Å². The summed E-state index contributed by atoms with van der Waals surface area (Å²) >= 11 is 0. The fourth-order valence-corrected chi connectivity index (χ4v) is 4.11. The lowest BCUT2D eigenvalue weighted by Gasteiger charge is -2.26. The van der Waals surface area contributed by atoms with Crippen LogP contribution in [0.5, 0.6) is 5.75 Å². The Labute approximate surface area is 205 Å². The fourth-order valence-electron chi connectivity index (χ4n) is 3.13. The molecule has 2 rings (SSSR count). The highest BCUT2D eigenvalue weighted by atomic mass is 32.2. The Balaban J connectivity index is 2.55. The van der Waals surface area contributed by atoms with E-state index in [4.69, 9.17) is 14.7 Å². The molecule has 0 saturated carbocycles. The number of ether oxygens (including phenoxy) is 2. The number of alkyl halides is 3. The zero-order chi connectivity index (χ0) is 27.5. The lowest BCUT2D eigenvalue weighted by atomic mass is 10.0. The molecule has 2 N–H and O–H groups in total. The van der Waals surface area contributed by atoms with E-state index >= 15 is 0 Å². The third kappa shape index (κ3) is 7.56. The summed E-state index contributed by atoms with van der Waals surface area (Å²) < 4.78 is 88.7. The van der Waals surface area contributed by atoms with Gasteiger partial charge in [-0.05, 0) is 57.0 Å². The number of hydrogen-bond donors (Lipinski definition) is 2. The molecule has 196 valence electrons. The third-order valence-corrected chi connectivity index (χ3v) is 6.25. The fraction of sp³-hybridized carbons (Fsp3) is 0.391. The molecule has 0 spiro atoms. The standard InChI is InChI=1S/C23H24F4N2O6S/c1-13-19(30)11-16(29-21(31)35-22(2,3)4)10-17(5-6-20(13)36(32,33)23(25,26)27)34-18-8-14(12-28)7-15(24)9-18/h5-9,16,19,30H,1,10-11H2,2-4H3,(H,29,31)/b17-5+,20-6+/t16-,19?/m1/s1. The predicted octanol–water partition coefficient (Wildman–Crippen LogP) is 4.38. The number of halogens is 4. The van der Waals surface area contributed by atoms with Crippen molar-refractivity contribution < 1.29 is 45.4 Å². The zero-order valence-corrected chi connectivity index (χ0v) is 20.3. The van der Waals surface area contributed by atoms with E-state index in [1.165, 1.54) is 0 Å². The van der Waals surface area contributed by atoms with Crippen molar-refractivity contribution in [3.8, 4) is 11.8 Å². The van der Waals surface area contributed by atoms with Gasteiger partial charge in [-0.2, -0.15) is 18.4 Å². The SMILES string of the molecule is C=C1/C(S(=O)(=O)C(F)(F)F)=C\C=C(\Oc2cc(F)cc(C#N)c2)C[C@@H](NC(=O)OC(C)(C)C)CC1O. The smallest absolute Gasteiger partial charge is 0.462 e. The number of nitrogens with zero attached hydrogens (tertiary/aromatic N) is 1. The average molecular weight is 533 g/mol. The number of carbonyl (C=O) groups excluding carboxylic acids is 1. The van der Waals surface area contributed by atoms with Crippen molar-refractivity contribution in [2.24, 2.45) is 0 Å². The minimum atomic E-state index is -5.93. The van der Waals surface area contributed by atoms with Crippen LogP contribution in [0, 0.1) is 17.1 Å². The molecule has 0 heterocycles. The summed E-state index contributed by atoms with van der Waals surface area (Å²) in [5.74, 6) is -1.25. The van der Waals surface area contributed by atoms with Crippen molar-refractivity contribution >= 4 is 15.9 Å². The summed E-state index contributed by atoms with van der Waals surface area (Å²) in [6.07, 6.45) is -2.03. The minimum Gasteiger partial charge on any atom is -0.462 e. The monoisotopic (exact) mass is 532 g/mol. The lowest BCUT2D eigenvalue weighted by molar-refractivity contribution is -0.0426. The highest BCUT2D eigenvalue weighted by Gasteiger charge is 2.49. The first-order valence-electron chi connectivity index (χ1n) is 10.4. The molecule has 0 aliphatic heterocycles. The zero-order valence-electron chi connectivity index (χ0n) is 19.5. The number of aliphatic hydroxyl groups excluding tert-OH is 1. The first kappa shape index (κ1) is 28.9. The molecular weight excluding hydrogens is 508 g/mol. The van der Waals surface area contributed by atoms with Gasteiger partial charge in [0.05, 0.1) is 22.6 Å². The normalized spacial score (nSPS) is 22.5. The van der Waals surface area contributed by atoms with E-state index in [-0.39, 0.29) is 23.5 Å². The molecule has 1 aliphatic carbocycles. The average Bonchev–Trinajstić information content (AvgIpc) is 2.74. The van der Waals surface area contributed by atoms with E-state index in [1.807, 2.05) is 0 Å². The highest BCUT2D eigenvalue weighted by Crippen LogP contribution is 2.35. The maximum Gasteiger partial charge on any atom is 0.501 e. The van der Waals surface area contributed by atoms with Crippen LogP contribution in [0.25, 0.3) is 0 Å². The summed E-state index contributed by atoms with van der Waals surface area (Å²) in [5, 5.41) is 22.0. The van der Waals surface area contributed by atoms with Gasteiger partial charge in [0.2, 0.25) is 0 Å². The number of aliphatic hydroxyl groups is 1. The van der Waals surface area contributed by atoms with E-state index in [0.29, 0.717) is 6.08 Å². The van der Waals surface area contributed by atoms with E-state index in [9.17, 15) is 35.9 Å². The molecule has 0 radical (unpaired) electrons. The van der Waals surface area contributed by atoms with E-state index < -0.39 is 61.9 Å². The van der Waals surface area contributed by atoms with Crippen molar-refractivity contribution in [3.05, 3.63) is 64.5 Å². The molecule has 0 fully saturated rings. The van der Waals surface area contributed by atoms with Crippen LogP contribution in [0.3, 0.4) is 0 Å². The molecule has 1 unspecified atom stereocenters. The largest absolute Gasteiger partial charge is 0.501 e. The predicted molar refractivity (Wildman–Crippen MR) is 120 cm³/mol. The molecule has 36 heavy (non-hydrogen) atoms. The Hall–Kier alpha value is -3.37. The molecule has 8 nitrogen and oxygen atoms in total. The topological polar surface area (TPSA) is 126 Å². The number of amides is 1. The Morgan fingerprint density at radius 2 is 1.86 bits per heavy atom. The van der Waals surface area contributed by atoms with Crippen LogP contribution in [0.4, 0.5) is 22.4 Å². The van der Waals surface area contributed by atoms with Gasteiger partial charge in [-0.15, -0.1) is 0 Å². The first-order chi connectivity index (χ1) is 16.4. The van der Waals surface area contributed by atoms with Crippen LogP contribution in [0.15, 0.2) is 53.2 Å². The summed E-state index contributed by atoms with van der Waals surface area (Å²) in [6.45, 7) is 8.10. The number of carbonyl (C=O) groups is 1. The van der Waals surface area contributed by atoms with Crippen molar-refractivity contribution in [2.45, 2.75) is 56.9 Å². The van der Waals surface area contributed by atoms with Gasteiger partial charge < -0.3 is 19.9 Å². The van der Waals surface area contributed by atoms with Crippen molar-refractivity contribution in [1.82, 2.24) is 5.32 Å². The van der Waals surface area contributed by atoms with Crippen LogP contribution < -0.4 is 10.1 Å². The van der Waals surface area contributed by atoms with Gasteiger partial charge in [0.25, 0.3) is 9.84 Å². The maximum atomic E-state index is 13.9. The maximum absolute atomic E-state index is 13.9. The summed E-state index contributed by atoms with van der Waals surface area (Å²) in [6, 6.07) is 3.65. The first-order valence-corrected chi connectivity index (χ1v) is 11.9. The Bertz CT molecular complexity index is 1240. The number of sulfone groups is 1. The second-order valence-electron chi connectivity index (χ2n) is 8.83. The molecule has 2 atom stereocenters. The third-order valence-electron chi connectivity index (χ3n) is 4.66. The van der Waals surface area contributed by atoms with Gasteiger partial charge in [-0.25, -0.2) is 17.6 Å². The second kappa shape index (κ2) is 10.7. The van der Waals surface area contributed by atoms with Crippen LogP contribution in [0.1, 0.15) is 39.2 Å².